The number of ether oxygens (including phenoxy) is 1. The van der Waals surface area contributed by atoms with E-state index < -0.39 is 0 Å². The highest BCUT2D eigenvalue weighted by molar-refractivity contribution is 6.42. The Labute approximate surface area is 130 Å². The lowest BCUT2D eigenvalue weighted by Crippen LogP contribution is -2.29. The molecule has 0 amide bonds. The summed E-state index contributed by atoms with van der Waals surface area (Å²) in [4.78, 5) is 0. The second kappa shape index (κ2) is 5.79. The Morgan fingerprint density at radius 2 is 1.95 bits per heavy atom. The summed E-state index contributed by atoms with van der Waals surface area (Å²) in [6.07, 6.45) is 0. The first-order valence-corrected chi connectivity index (χ1v) is 7.19. The molecule has 1 aliphatic carbocycles. The number of fused-ring (bicyclic) bond motifs is 1. The van der Waals surface area contributed by atoms with Crippen LogP contribution in [0, 0.1) is 11.8 Å². The summed E-state index contributed by atoms with van der Waals surface area (Å²) in [6, 6.07) is 6.02. The number of nitrogens with one attached hydrogen (secondary N) is 1. The summed E-state index contributed by atoms with van der Waals surface area (Å²) in [7, 11) is 0. The molecule has 1 saturated carbocycles. The minimum atomic E-state index is 0. The van der Waals surface area contributed by atoms with Gasteiger partial charge in [0.05, 0.1) is 16.7 Å². The SMILES string of the molecule is CCOCC1(c2ccc(Cl)c(Cl)c2)[C@@H]2CNC[C@@H]21.Cl. The third kappa shape index (κ3) is 2.38. The van der Waals surface area contributed by atoms with Crippen LogP contribution < -0.4 is 5.32 Å². The Morgan fingerprint density at radius 3 is 2.53 bits per heavy atom. The van der Waals surface area contributed by atoms with Crippen LogP contribution in [-0.2, 0) is 10.2 Å². The normalized spacial score (nSPS) is 31.7. The van der Waals surface area contributed by atoms with E-state index in [0.717, 1.165) is 26.3 Å². The van der Waals surface area contributed by atoms with Gasteiger partial charge in [0.1, 0.15) is 0 Å². The van der Waals surface area contributed by atoms with Gasteiger partial charge in [-0.05, 0) is 49.5 Å². The van der Waals surface area contributed by atoms with Crippen LogP contribution in [0.3, 0.4) is 0 Å². The molecule has 0 radical (unpaired) electrons. The second-order valence-corrected chi connectivity index (χ2v) is 5.99. The zero-order chi connectivity index (χ0) is 12.8. The topological polar surface area (TPSA) is 21.3 Å². The van der Waals surface area contributed by atoms with Gasteiger partial charge in [0, 0.05) is 12.0 Å². The van der Waals surface area contributed by atoms with Crippen molar-refractivity contribution in [2.75, 3.05) is 26.3 Å². The van der Waals surface area contributed by atoms with Crippen molar-refractivity contribution in [1.29, 1.82) is 0 Å². The smallest absolute Gasteiger partial charge is 0.0595 e. The molecule has 2 fully saturated rings. The number of halogens is 3. The molecule has 3 atom stereocenters. The zero-order valence-electron chi connectivity index (χ0n) is 10.8. The first-order chi connectivity index (χ1) is 8.70. The van der Waals surface area contributed by atoms with Crippen LogP contribution >= 0.6 is 35.6 Å². The molecule has 5 heteroatoms. The fourth-order valence-corrected chi connectivity index (χ4v) is 3.73. The summed E-state index contributed by atoms with van der Waals surface area (Å²) in [6.45, 7) is 5.75. The molecule has 19 heavy (non-hydrogen) atoms. The minimum Gasteiger partial charge on any atom is -0.381 e. The lowest BCUT2D eigenvalue weighted by Gasteiger charge is -2.22. The third-order valence-electron chi connectivity index (χ3n) is 4.43. The van der Waals surface area contributed by atoms with Crippen molar-refractivity contribution in [3.05, 3.63) is 33.8 Å². The quantitative estimate of drug-likeness (QED) is 0.915. The van der Waals surface area contributed by atoms with Gasteiger partial charge >= 0.3 is 0 Å². The molecule has 1 unspecified atom stereocenters. The van der Waals surface area contributed by atoms with E-state index in [4.69, 9.17) is 27.9 Å². The van der Waals surface area contributed by atoms with Gasteiger partial charge in [-0.3, -0.25) is 0 Å². The molecule has 3 rings (SSSR count). The highest BCUT2D eigenvalue weighted by Crippen LogP contribution is 2.62. The van der Waals surface area contributed by atoms with E-state index in [1.54, 1.807) is 0 Å². The van der Waals surface area contributed by atoms with Crippen molar-refractivity contribution >= 4 is 35.6 Å². The van der Waals surface area contributed by atoms with Crippen molar-refractivity contribution < 1.29 is 4.74 Å². The Balaban J connectivity index is 0.00000133. The van der Waals surface area contributed by atoms with Crippen LogP contribution in [0.4, 0.5) is 0 Å². The van der Waals surface area contributed by atoms with E-state index in [2.05, 4.69) is 11.4 Å². The van der Waals surface area contributed by atoms with Crippen LogP contribution in [0.5, 0.6) is 0 Å². The maximum Gasteiger partial charge on any atom is 0.0595 e. The molecule has 0 bridgehead atoms. The highest BCUT2D eigenvalue weighted by Gasteiger charge is 2.67. The number of benzene rings is 1. The number of rotatable bonds is 4. The van der Waals surface area contributed by atoms with Crippen LogP contribution in [0.2, 0.25) is 10.0 Å². The number of hydrogen-bond acceptors (Lipinski definition) is 2. The van der Waals surface area contributed by atoms with Crippen molar-refractivity contribution in [1.82, 2.24) is 5.32 Å². The third-order valence-corrected chi connectivity index (χ3v) is 5.17. The highest BCUT2D eigenvalue weighted by atomic mass is 35.5. The van der Waals surface area contributed by atoms with Gasteiger partial charge in [0.2, 0.25) is 0 Å². The predicted octanol–water partition coefficient (Wildman–Crippen LogP) is 3.54. The van der Waals surface area contributed by atoms with Crippen LogP contribution in [0.1, 0.15) is 12.5 Å². The Morgan fingerprint density at radius 1 is 1.26 bits per heavy atom. The number of hydrogen-bond donors (Lipinski definition) is 1. The second-order valence-electron chi connectivity index (χ2n) is 5.18. The summed E-state index contributed by atoms with van der Waals surface area (Å²) >= 11 is 12.2. The molecule has 0 aromatic heterocycles. The zero-order valence-corrected chi connectivity index (χ0v) is 13.1. The van der Waals surface area contributed by atoms with Crippen molar-refractivity contribution in [3.63, 3.8) is 0 Å². The Bertz CT molecular complexity index is 456. The molecule has 2 nitrogen and oxygen atoms in total. The van der Waals surface area contributed by atoms with E-state index in [0.29, 0.717) is 21.9 Å². The van der Waals surface area contributed by atoms with Gasteiger partial charge in [-0.1, -0.05) is 29.3 Å². The predicted molar refractivity (Wildman–Crippen MR) is 81.7 cm³/mol. The summed E-state index contributed by atoms with van der Waals surface area (Å²) in [5.41, 5.74) is 1.44. The molecule has 1 N–H and O–H groups in total. The summed E-state index contributed by atoms with van der Waals surface area (Å²) in [5.74, 6) is 1.36. The van der Waals surface area contributed by atoms with E-state index in [-0.39, 0.29) is 17.8 Å². The van der Waals surface area contributed by atoms with Gasteiger partial charge < -0.3 is 10.1 Å². The van der Waals surface area contributed by atoms with Gasteiger partial charge in [-0.15, -0.1) is 12.4 Å². The number of piperidine rings is 1. The largest absolute Gasteiger partial charge is 0.381 e. The van der Waals surface area contributed by atoms with Gasteiger partial charge in [-0.2, -0.15) is 0 Å². The maximum atomic E-state index is 6.15. The average Bonchev–Trinajstić information content (AvgIpc) is 2.74. The first kappa shape index (κ1) is 15.4. The lowest BCUT2D eigenvalue weighted by molar-refractivity contribution is 0.114. The van der Waals surface area contributed by atoms with Gasteiger partial charge in [0.25, 0.3) is 0 Å². The first-order valence-electron chi connectivity index (χ1n) is 6.44. The van der Waals surface area contributed by atoms with E-state index in [1.807, 2.05) is 19.1 Å². The Hall–Kier alpha value is 0.01000. The molecular weight excluding hydrogens is 305 g/mol. The summed E-state index contributed by atoms with van der Waals surface area (Å²) < 4.78 is 5.72. The van der Waals surface area contributed by atoms with Crippen molar-refractivity contribution in [2.45, 2.75) is 12.3 Å². The molecule has 2 aliphatic rings. The van der Waals surface area contributed by atoms with Crippen molar-refractivity contribution in [3.8, 4) is 0 Å². The standard InChI is InChI=1S/C14H17Cl2NO.ClH/c1-2-18-8-14(10-6-17-7-11(10)14)9-3-4-12(15)13(16)5-9;/h3-5,10-11,17H,2,6-8H2,1H3;1H/t10-,11+,14?;. The molecular formula is C14H18Cl3NO. The van der Waals surface area contributed by atoms with Crippen LogP contribution in [0.15, 0.2) is 18.2 Å². The molecule has 1 heterocycles. The fourth-order valence-electron chi connectivity index (χ4n) is 3.43. The molecule has 1 aliphatic heterocycles. The summed E-state index contributed by atoms with van der Waals surface area (Å²) in [5, 5.41) is 4.70. The fraction of sp³-hybridized carbons (Fsp3) is 0.571. The van der Waals surface area contributed by atoms with Crippen LogP contribution in [-0.4, -0.2) is 26.3 Å². The van der Waals surface area contributed by atoms with Gasteiger partial charge in [0.15, 0.2) is 0 Å². The van der Waals surface area contributed by atoms with Crippen LogP contribution in [0.25, 0.3) is 0 Å². The molecule has 1 aromatic rings. The maximum absolute atomic E-state index is 6.15. The van der Waals surface area contributed by atoms with E-state index in [1.165, 1.54) is 5.56 Å². The van der Waals surface area contributed by atoms with Gasteiger partial charge in [-0.25, -0.2) is 0 Å². The molecule has 1 saturated heterocycles. The monoisotopic (exact) mass is 321 g/mol. The van der Waals surface area contributed by atoms with Crippen molar-refractivity contribution in [2.24, 2.45) is 11.8 Å². The van der Waals surface area contributed by atoms with E-state index in [9.17, 15) is 0 Å². The molecule has 1 aromatic carbocycles. The average molecular weight is 323 g/mol. The molecule has 106 valence electrons. The lowest BCUT2D eigenvalue weighted by atomic mass is 9.91. The molecule has 0 spiro atoms. The Kier molecular flexibility index (Phi) is 4.69. The minimum absolute atomic E-state index is 0. The van der Waals surface area contributed by atoms with E-state index >= 15 is 0 Å².